The van der Waals surface area contributed by atoms with Gasteiger partial charge in [-0.05, 0) is 19.3 Å². The summed E-state index contributed by atoms with van der Waals surface area (Å²) in [5.41, 5.74) is 5.72. The van der Waals surface area contributed by atoms with Crippen molar-refractivity contribution in [1.82, 2.24) is 10.6 Å². The van der Waals surface area contributed by atoms with Crippen molar-refractivity contribution < 1.29 is 9.59 Å². The Morgan fingerprint density at radius 2 is 2.12 bits per heavy atom. The van der Waals surface area contributed by atoms with E-state index in [4.69, 9.17) is 12.2 Å². The van der Waals surface area contributed by atoms with Crippen LogP contribution in [-0.4, -0.2) is 24.5 Å². The molecule has 0 aliphatic heterocycles. The van der Waals surface area contributed by atoms with Gasteiger partial charge < -0.3 is 16.4 Å². The Hall–Kier alpha value is -1.54. The van der Waals surface area contributed by atoms with Crippen LogP contribution in [0.15, 0.2) is 0 Å². The zero-order valence-corrected chi connectivity index (χ0v) is 10.3. The second kappa shape index (κ2) is 9.67. The third-order valence-corrected chi connectivity index (χ3v) is 2.16. The summed E-state index contributed by atoms with van der Waals surface area (Å²) in [7, 11) is 0. The zero-order chi connectivity index (χ0) is 13.1. The highest BCUT2D eigenvalue weighted by molar-refractivity contribution is 5.76. The van der Waals surface area contributed by atoms with Crippen molar-refractivity contribution in [2.75, 3.05) is 6.54 Å². The molecule has 17 heavy (non-hydrogen) atoms. The number of nitrogens with one attached hydrogen (secondary N) is 2. The minimum absolute atomic E-state index is 0.0307. The average molecular weight is 239 g/mol. The molecule has 2 amide bonds. The van der Waals surface area contributed by atoms with Crippen LogP contribution in [0.25, 0.3) is 0 Å². The lowest BCUT2D eigenvalue weighted by atomic mass is 10.2. The van der Waals surface area contributed by atoms with E-state index in [1.165, 1.54) is 6.92 Å². The van der Waals surface area contributed by atoms with E-state index in [1.54, 1.807) is 0 Å². The first-order valence-corrected chi connectivity index (χ1v) is 5.79. The van der Waals surface area contributed by atoms with Gasteiger partial charge in [0.25, 0.3) is 0 Å². The third kappa shape index (κ3) is 10.7. The molecule has 0 bridgehead atoms. The number of carbonyl (C=O) groups is 2. The second-order valence-corrected chi connectivity index (χ2v) is 3.86. The van der Waals surface area contributed by atoms with Crippen LogP contribution in [0.4, 0.5) is 0 Å². The SMILES string of the molecule is C#CCCC(=O)NC(N)CCCCNC(C)=O. The maximum atomic E-state index is 11.2. The highest BCUT2D eigenvalue weighted by Gasteiger charge is 2.06. The molecule has 0 aliphatic carbocycles. The summed E-state index contributed by atoms with van der Waals surface area (Å²) in [5, 5.41) is 5.37. The first-order chi connectivity index (χ1) is 8.06. The standard InChI is InChI=1S/C12H21N3O2/c1-3-4-8-12(17)15-11(13)7-5-6-9-14-10(2)16/h1,11H,4-9,13H2,2H3,(H,14,16)(H,15,17). The summed E-state index contributed by atoms with van der Waals surface area (Å²) in [6.45, 7) is 2.13. The van der Waals surface area contributed by atoms with Crippen LogP contribution in [0.3, 0.4) is 0 Å². The minimum Gasteiger partial charge on any atom is -0.356 e. The van der Waals surface area contributed by atoms with Crippen LogP contribution in [0.2, 0.25) is 0 Å². The Morgan fingerprint density at radius 3 is 2.71 bits per heavy atom. The molecular weight excluding hydrogens is 218 g/mol. The van der Waals surface area contributed by atoms with E-state index in [2.05, 4.69) is 16.6 Å². The van der Waals surface area contributed by atoms with Gasteiger partial charge in [0.1, 0.15) is 0 Å². The summed E-state index contributed by atoms with van der Waals surface area (Å²) in [5.74, 6) is 2.26. The molecule has 0 spiro atoms. The first kappa shape index (κ1) is 15.5. The normalized spacial score (nSPS) is 11.4. The number of hydrogen-bond donors (Lipinski definition) is 3. The van der Waals surface area contributed by atoms with Gasteiger partial charge in [-0.2, -0.15) is 0 Å². The summed E-state index contributed by atoms with van der Waals surface area (Å²) < 4.78 is 0. The molecule has 5 nitrogen and oxygen atoms in total. The van der Waals surface area contributed by atoms with Gasteiger partial charge >= 0.3 is 0 Å². The number of unbranched alkanes of at least 4 members (excludes halogenated alkanes) is 1. The van der Waals surface area contributed by atoms with Gasteiger partial charge in [-0.25, -0.2) is 0 Å². The van der Waals surface area contributed by atoms with Crippen LogP contribution >= 0.6 is 0 Å². The molecule has 0 aromatic heterocycles. The smallest absolute Gasteiger partial charge is 0.222 e. The number of nitrogens with two attached hydrogens (primary N) is 1. The van der Waals surface area contributed by atoms with E-state index in [1.807, 2.05) is 0 Å². The van der Waals surface area contributed by atoms with E-state index < -0.39 is 0 Å². The highest BCUT2D eigenvalue weighted by Crippen LogP contribution is 1.97. The number of carbonyl (C=O) groups excluding carboxylic acids is 2. The van der Waals surface area contributed by atoms with E-state index in [0.29, 0.717) is 25.8 Å². The Labute approximate surface area is 103 Å². The predicted octanol–water partition coefficient (Wildman–Crippen LogP) is 0.107. The van der Waals surface area contributed by atoms with Crippen LogP contribution in [0.1, 0.15) is 39.0 Å². The van der Waals surface area contributed by atoms with Crippen molar-refractivity contribution in [3.8, 4) is 12.3 Å². The molecule has 1 atom stereocenters. The lowest BCUT2D eigenvalue weighted by molar-refractivity contribution is -0.121. The summed E-state index contributed by atoms with van der Waals surface area (Å²) in [6.07, 6.45) is 7.87. The first-order valence-electron chi connectivity index (χ1n) is 5.79. The van der Waals surface area contributed by atoms with E-state index in [0.717, 1.165) is 12.8 Å². The largest absolute Gasteiger partial charge is 0.356 e. The summed E-state index contributed by atoms with van der Waals surface area (Å²) in [6, 6.07) is 0. The number of terminal acetylenes is 1. The van der Waals surface area contributed by atoms with Crippen molar-refractivity contribution in [2.45, 2.75) is 45.2 Å². The van der Waals surface area contributed by atoms with Gasteiger partial charge in [0.15, 0.2) is 0 Å². The molecule has 0 radical (unpaired) electrons. The fourth-order valence-corrected chi connectivity index (χ4v) is 1.29. The Morgan fingerprint density at radius 1 is 1.41 bits per heavy atom. The number of hydrogen-bond acceptors (Lipinski definition) is 3. The van der Waals surface area contributed by atoms with E-state index >= 15 is 0 Å². The maximum absolute atomic E-state index is 11.2. The molecule has 0 saturated carbocycles. The molecular formula is C12H21N3O2. The van der Waals surface area contributed by atoms with Crippen molar-refractivity contribution in [3.63, 3.8) is 0 Å². The lowest BCUT2D eigenvalue weighted by Gasteiger charge is -2.13. The third-order valence-electron chi connectivity index (χ3n) is 2.16. The van der Waals surface area contributed by atoms with Crippen LogP contribution in [-0.2, 0) is 9.59 Å². The lowest BCUT2D eigenvalue weighted by Crippen LogP contribution is -2.41. The predicted molar refractivity (Wildman–Crippen MR) is 66.7 cm³/mol. The van der Waals surface area contributed by atoms with Gasteiger partial charge in [-0.1, -0.05) is 0 Å². The fourth-order valence-electron chi connectivity index (χ4n) is 1.29. The zero-order valence-electron chi connectivity index (χ0n) is 10.3. The van der Waals surface area contributed by atoms with Crippen molar-refractivity contribution in [1.29, 1.82) is 0 Å². The van der Waals surface area contributed by atoms with Gasteiger partial charge in [0, 0.05) is 26.3 Å². The van der Waals surface area contributed by atoms with Gasteiger partial charge in [-0.3, -0.25) is 9.59 Å². The molecule has 0 aromatic rings. The van der Waals surface area contributed by atoms with Gasteiger partial charge in [-0.15, -0.1) is 12.3 Å². The molecule has 0 fully saturated rings. The Balaban J connectivity index is 3.46. The monoisotopic (exact) mass is 239 g/mol. The molecule has 0 aliphatic rings. The van der Waals surface area contributed by atoms with E-state index in [9.17, 15) is 9.59 Å². The highest BCUT2D eigenvalue weighted by atomic mass is 16.2. The van der Waals surface area contributed by atoms with Gasteiger partial charge in [0.05, 0.1) is 6.17 Å². The second-order valence-electron chi connectivity index (χ2n) is 3.86. The molecule has 4 N–H and O–H groups in total. The molecule has 1 unspecified atom stereocenters. The molecule has 5 heteroatoms. The number of amides is 2. The van der Waals surface area contributed by atoms with Crippen LogP contribution < -0.4 is 16.4 Å². The molecule has 0 rings (SSSR count). The van der Waals surface area contributed by atoms with E-state index in [-0.39, 0.29) is 18.0 Å². The molecule has 0 aromatic carbocycles. The molecule has 0 saturated heterocycles. The summed E-state index contributed by atoms with van der Waals surface area (Å²) >= 11 is 0. The average Bonchev–Trinajstić information content (AvgIpc) is 2.25. The number of rotatable bonds is 8. The topological polar surface area (TPSA) is 84.2 Å². The van der Waals surface area contributed by atoms with Crippen molar-refractivity contribution in [2.24, 2.45) is 5.73 Å². The van der Waals surface area contributed by atoms with Crippen LogP contribution in [0, 0.1) is 12.3 Å². The maximum Gasteiger partial charge on any atom is 0.222 e. The molecule has 0 heterocycles. The summed E-state index contributed by atoms with van der Waals surface area (Å²) in [4.78, 5) is 21.8. The van der Waals surface area contributed by atoms with Gasteiger partial charge in [0.2, 0.25) is 11.8 Å². The Kier molecular flexibility index (Phi) is 8.79. The van der Waals surface area contributed by atoms with Crippen molar-refractivity contribution in [3.05, 3.63) is 0 Å². The Bertz CT molecular complexity index is 284. The minimum atomic E-state index is -0.336. The fraction of sp³-hybridized carbons (Fsp3) is 0.667. The molecule has 96 valence electrons. The van der Waals surface area contributed by atoms with Crippen LogP contribution in [0.5, 0.6) is 0 Å². The van der Waals surface area contributed by atoms with Crippen molar-refractivity contribution >= 4 is 11.8 Å². The quantitative estimate of drug-likeness (QED) is 0.319.